The number of hydrogen-bond donors (Lipinski definition) is 2. The summed E-state index contributed by atoms with van der Waals surface area (Å²) in [7, 11) is 0. The van der Waals surface area contributed by atoms with E-state index < -0.39 is 29.2 Å². The third-order valence-electron chi connectivity index (χ3n) is 3.30. The van der Waals surface area contributed by atoms with Gasteiger partial charge in [0.05, 0.1) is 16.6 Å². The number of halogens is 4. The van der Waals surface area contributed by atoms with Crippen molar-refractivity contribution < 1.29 is 27.5 Å². The summed E-state index contributed by atoms with van der Waals surface area (Å²) in [4.78, 5) is 19.1. The van der Waals surface area contributed by atoms with Crippen molar-refractivity contribution in [3.8, 4) is 0 Å². The molecular weight excluding hydrogens is 342 g/mol. The second kappa shape index (κ2) is 6.00. The number of nitrogens with zero attached hydrogens (tertiary/aromatic N) is 2. The number of carbonyl (C=O) groups is 1. The maximum atomic E-state index is 12.9. The molecule has 3 rings (SSSR count). The van der Waals surface area contributed by atoms with Crippen LogP contribution in [-0.2, 0) is 6.18 Å². The SMILES string of the molecule is O=C(O)c1nc2ccc(C(F)(F)F)cc2nc1Nc1ccc(F)cc1. The summed E-state index contributed by atoms with van der Waals surface area (Å²) in [6.07, 6.45) is -4.56. The molecule has 0 aliphatic heterocycles. The van der Waals surface area contributed by atoms with E-state index in [9.17, 15) is 27.5 Å². The molecular formula is C16H9F4N3O2. The molecule has 0 fully saturated rings. The predicted molar refractivity (Wildman–Crippen MR) is 81.2 cm³/mol. The standard InChI is InChI=1S/C16H9F4N3O2/c17-9-2-4-10(5-3-9)21-14-13(15(24)25)22-11-6-1-8(16(18,19)20)7-12(11)23-14/h1-7H,(H,21,23)(H,24,25). The highest BCUT2D eigenvalue weighted by Gasteiger charge is 2.31. The molecule has 0 radical (unpaired) electrons. The summed E-state index contributed by atoms with van der Waals surface area (Å²) in [5, 5.41) is 11.9. The van der Waals surface area contributed by atoms with E-state index in [1.54, 1.807) is 0 Å². The highest BCUT2D eigenvalue weighted by atomic mass is 19.4. The lowest BCUT2D eigenvalue weighted by Gasteiger charge is -2.11. The number of aromatic carboxylic acids is 1. The first-order valence-electron chi connectivity index (χ1n) is 6.89. The number of fused-ring (bicyclic) bond motifs is 1. The topological polar surface area (TPSA) is 75.1 Å². The average molecular weight is 351 g/mol. The van der Waals surface area contributed by atoms with E-state index in [-0.39, 0.29) is 16.9 Å². The molecule has 0 aliphatic rings. The molecule has 25 heavy (non-hydrogen) atoms. The van der Waals surface area contributed by atoms with Crippen molar-refractivity contribution in [3.05, 3.63) is 59.5 Å². The lowest BCUT2D eigenvalue weighted by Crippen LogP contribution is -2.10. The molecule has 1 aromatic heterocycles. The van der Waals surface area contributed by atoms with E-state index in [2.05, 4.69) is 15.3 Å². The number of carboxylic acids is 1. The molecule has 0 bridgehead atoms. The van der Waals surface area contributed by atoms with Crippen LogP contribution in [0.25, 0.3) is 11.0 Å². The smallest absolute Gasteiger partial charge is 0.416 e. The van der Waals surface area contributed by atoms with Crippen LogP contribution in [0.1, 0.15) is 16.1 Å². The first-order valence-corrected chi connectivity index (χ1v) is 6.89. The summed E-state index contributed by atoms with van der Waals surface area (Å²) in [5.74, 6) is -2.15. The van der Waals surface area contributed by atoms with E-state index in [0.717, 1.165) is 30.3 Å². The Balaban J connectivity index is 2.12. The van der Waals surface area contributed by atoms with Crippen LogP contribution in [0.15, 0.2) is 42.5 Å². The molecule has 128 valence electrons. The average Bonchev–Trinajstić information content (AvgIpc) is 2.54. The number of carboxylic acid groups (broad SMARTS) is 1. The molecule has 0 atom stereocenters. The highest BCUT2D eigenvalue weighted by Crippen LogP contribution is 2.31. The van der Waals surface area contributed by atoms with E-state index in [1.807, 2.05) is 0 Å². The van der Waals surface area contributed by atoms with Gasteiger partial charge in [-0.2, -0.15) is 13.2 Å². The summed E-state index contributed by atoms with van der Waals surface area (Å²) in [6.45, 7) is 0. The zero-order chi connectivity index (χ0) is 18.2. The highest BCUT2D eigenvalue weighted by molar-refractivity contribution is 5.94. The van der Waals surface area contributed by atoms with Gasteiger partial charge < -0.3 is 10.4 Å². The van der Waals surface area contributed by atoms with Crippen molar-refractivity contribution in [2.24, 2.45) is 0 Å². The predicted octanol–water partition coefficient (Wildman–Crippen LogP) is 4.23. The molecule has 1 heterocycles. The van der Waals surface area contributed by atoms with E-state index in [0.29, 0.717) is 5.69 Å². The summed E-state index contributed by atoms with van der Waals surface area (Å²) in [5.41, 5.74) is -1.19. The number of rotatable bonds is 3. The van der Waals surface area contributed by atoms with Crippen molar-refractivity contribution in [1.29, 1.82) is 0 Å². The van der Waals surface area contributed by atoms with Crippen LogP contribution < -0.4 is 5.32 Å². The first-order chi connectivity index (χ1) is 11.7. The van der Waals surface area contributed by atoms with E-state index in [1.165, 1.54) is 12.1 Å². The molecule has 2 N–H and O–H groups in total. The maximum absolute atomic E-state index is 12.9. The van der Waals surface area contributed by atoms with Gasteiger partial charge in [0.1, 0.15) is 5.82 Å². The Morgan fingerprint density at radius 2 is 1.68 bits per heavy atom. The van der Waals surface area contributed by atoms with Crippen molar-refractivity contribution in [2.75, 3.05) is 5.32 Å². The Morgan fingerprint density at radius 3 is 2.28 bits per heavy atom. The van der Waals surface area contributed by atoms with Crippen LogP contribution in [0.4, 0.5) is 29.1 Å². The fraction of sp³-hybridized carbons (Fsp3) is 0.0625. The minimum absolute atomic E-state index is 0.00931. The normalized spacial score (nSPS) is 11.5. The van der Waals surface area contributed by atoms with Crippen LogP contribution in [0.3, 0.4) is 0 Å². The Morgan fingerprint density at radius 1 is 1.00 bits per heavy atom. The first kappa shape index (κ1) is 16.6. The van der Waals surface area contributed by atoms with Gasteiger partial charge in [-0.1, -0.05) is 0 Å². The van der Waals surface area contributed by atoms with Gasteiger partial charge in [-0.25, -0.2) is 19.2 Å². The molecule has 3 aromatic rings. The maximum Gasteiger partial charge on any atom is 0.416 e. The van der Waals surface area contributed by atoms with Gasteiger partial charge >= 0.3 is 12.1 Å². The Bertz CT molecular complexity index is 956. The lowest BCUT2D eigenvalue weighted by molar-refractivity contribution is -0.137. The second-order valence-corrected chi connectivity index (χ2v) is 5.06. The van der Waals surface area contributed by atoms with Gasteiger partial charge in [0.25, 0.3) is 0 Å². The Labute approximate surface area is 138 Å². The minimum Gasteiger partial charge on any atom is -0.476 e. The quantitative estimate of drug-likeness (QED) is 0.691. The summed E-state index contributed by atoms with van der Waals surface area (Å²) >= 11 is 0. The van der Waals surface area contributed by atoms with Crippen LogP contribution in [0.2, 0.25) is 0 Å². The van der Waals surface area contributed by atoms with Gasteiger partial charge in [0.15, 0.2) is 11.5 Å². The van der Waals surface area contributed by atoms with E-state index in [4.69, 9.17) is 0 Å². The largest absolute Gasteiger partial charge is 0.476 e. The molecule has 2 aromatic carbocycles. The van der Waals surface area contributed by atoms with Crippen molar-refractivity contribution in [3.63, 3.8) is 0 Å². The third-order valence-corrected chi connectivity index (χ3v) is 3.30. The van der Waals surface area contributed by atoms with Gasteiger partial charge in [-0.3, -0.25) is 0 Å². The summed E-state index contributed by atoms with van der Waals surface area (Å²) < 4.78 is 51.4. The molecule has 0 saturated carbocycles. The fourth-order valence-electron chi connectivity index (χ4n) is 2.14. The zero-order valence-corrected chi connectivity index (χ0v) is 12.3. The number of benzene rings is 2. The van der Waals surface area contributed by atoms with Gasteiger partial charge in [-0.15, -0.1) is 0 Å². The molecule has 0 spiro atoms. The lowest BCUT2D eigenvalue weighted by atomic mass is 10.2. The van der Waals surface area contributed by atoms with Gasteiger partial charge in [-0.05, 0) is 42.5 Å². The van der Waals surface area contributed by atoms with E-state index >= 15 is 0 Å². The van der Waals surface area contributed by atoms with Gasteiger partial charge in [0.2, 0.25) is 0 Å². The van der Waals surface area contributed by atoms with Crippen molar-refractivity contribution in [1.82, 2.24) is 9.97 Å². The molecule has 0 aliphatic carbocycles. The number of hydrogen-bond acceptors (Lipinski definition) is 4. The number of anilines is 2. The number of aromatic nitrogens is 2. The molecule has 5 nitrogen and oxygen atoms in total. The molecule has 9 heteroatoms. The van der Waals surface area contributed by atoms with Crippen molar-refractivity contribution in [2.45, 2.75) is 6.18 Å². The van der Waals surface area contributed by atoms with Crippen LogP contribution in [0, 0.1) is 5.82 Å². The molecule has 0 amide bonds. The third kappa shape index (κ3) is 3.49. The summed E-state index contributed by atoms with van der Waals surface area (Å²) in [6, 6.07) is 7.58. The van der Waals surface area contributed by atoms with Crippen LogP contribution in [-0.4, -0.2) is 21.0 Å². The fourth-order valence-corrected chi connectivity index (χ4v) is 2.14. The van der Waals surface area contributed by atoms with Crippen LogP contribution in [0.5, 0.6) is 0 Å². The Kier molecular flexibility index (Phi) is 3.99. The second-order valence-electron chi connectivity index (χ2n) is 5.06. The van der Waals surface area contributed by atoms with Gasteiger partial charge in [0, 0.05) is 5.69 Å². The van der Waals surface area contributed by atoms with Crippen LogP contribution >= 0.6 is 0 Å². The zero-order valence-electron chi connectivity index (χ0n) is 12.3. The monoisotopic (exact) mass is 351 g/mol. The molecule has 0 saturated heterocycles. The molecule has 0 unspecified atom stereocenters. The number of alkyl halides is 3. The number of nitrogens with one attached hydrogen (secondary N) is 1. The Hall–Kier alpha value is -3.23. The minimum atomic E-state index is -4.56. The van der Waals surface area contributed by atoms with Crippen molar-refractivity contribution >= 4 is 28.5 Å².